The lowest BCUT2D eigenvalue weighted by atomic mass is 10.1. The molecule has 0 bridgehead atoms. The van der Waals surface area contributed by atoms with Gasteiger partial charge in [0.1, 0.15) is 18.2 Å². The third-order valence-corrected chi connectivity index (χ3v) is 4.67. The zero-order valence-electron chi connectivity index (χ0n) is 15.1. The SMILES string of the molecule is CSCC[C@H](N)C(=O)NC(C)c1ccc(OCc2ccc(F)cc2)cc1. The van der Waals surface area contributed by atoms with Crippen molar-refractivity contribution >= 4 is 17.7 Å². The van der Waals surface area contributed by atoms with E-state index in [0.717, 1.165) is 16.9 Å². The van der Waals surface area contributed by atoms with Crippen molar-refractivity contribution < 1.29 is 13.9 Å². The first-order valence-corrected chi connectivity index (χ1v) is 9.91. The van der Waals surface area contributed by atoms with Crippen LogP contribution in [0.2, 0.25) is 0 Å². The normalized spacial score (nSPS) is 13.1. The van der Waals surface area contributed by atoms with Crippen LogP contribution in [0.5, 0.6) is 5.75 Å². The molecule has 0 saturated heterocycles. The number of thioether (sulfide) groups is 1. The minimum absolute atomic E-state index is 0.131. The Balaban J connectivity index is 1.85. The largest absolute Gasteiger partial charge is 0.489 e. The highest BCUT2D eigenvalue weighted by Crippen LogP contribution is 2.19. The second-order valence-corrected chi connectivity index (χ2v) is 7.09. The predicted octanol–water partition coefficient (Wildman–Crippen LogP) is 3.66. The molecule has 0 spiro atoms. The van der Waals surface area contributed by atoms with Crippen molar-refractivity contribution in [3.8, 4) is 5.75 Å². The summed E-state index contributed by atoms with van der Waals surface area (Å²) in [6.07, 6.45) is 2.66. The highest BCUT2D eigenvalue weighted by atomic mass is 32.2. The summed E-state index contributed by atoms with van der Waals surface area (Å²) in [5.41, 5.74) is 7.76. The van der Waals surface area contributed by atoms with Gasteiger partial charge >= 0.3 is 0 Å². The van der Waals surface area contributed by atoms with Crippen molar-refractivity contribution in [1.82, 2.24) is 5.32 Å². The van der Waals surface area contributed by atoms with Gasteiger partial charge in [-0.2, -0.15) is 11.8 Å². The Morgan fingerprint density at radius 3 is 2.46 bits per heavy atom. The number of rotatable bonds is 9. The van der Waals surface area contributed by atoms with Gasteiger partial charge in [-0.05, 0) is 60.7 Å². The van der Waals surface area contributed by atoms with Gasteiger partial charge in [0, 0.05) is 0 Å². The van der Waals surface area contributed by atoms with Crippen LogP contribution in [-0.4, -0.2) is 24.0 Å². The summed E-state index contributed by atoms with van der Waals surface area (Å²) in [5.74, 6) is 1.18. The summed E-state index contributed by atoms with van der Waals surface area (Å²) in [5, 5.41) is 2.94. The highest BCUT2D eigenvalue weighted by Gasteiger charge is 2.16. The maximum absolute atomic E-state index is 12.9. The van der Waals surface area contributed by atoms with Crippen LogP contribution in [0.15, 0.2) is 48.5 Å². The summed E-state index contributed by atoms with van der Waals surface area (Å²) < 4.78 is 18.6. The van der Waals surface area contributed by atoms with Crippen molar-refractivity contribution in [2.75, 3.05) is 12.0 Å². The van der Waals surface area contributed by atoms with Gasteiger partial charge in [-0.15, -0.1) is 0 Å². The lowest BCUT2D eigenvalue weighted by Gasteiger charge is -2.18. The maximum Gasteiger partial charge on any atom is 0.237 e. The van der Waals surface area contributed by atoms with E-state index in [0.29, 0.717) is 18.8 Å². The Morgan fingerprint density at radius 1 is 1.19 bits per heavy atom. The Labute approximate surface area is 158 Å². The minimum Gasteiger partial charge on any atom is -0.489 e. The van der Waals surface area contributed by atoms with Crippen LogP contribution in [0.1, 0.15) is 30.5 Å². The number of ether oxygens (including phenoxy) is 1. The number of amides is 1. The number of carbonyl (C=O) groups is 1. The van der Waals surface area contributed by atoms with Crippen molar-refractivity contribution in [3.05, 3.63) is 65.5 Å². The molecule has 0 heterocycles. The van der Waals surface area contributed by atoms with E-state index in [1.165, 1.54) is 12.1 Å². The van der Waals surface area contributed by atoms with Crippen LogP contribution < -0.4 is 15.8 Å². The van der Waals surface area contributed by atoms with Crippen LogP contribution in [0.4, 0.5) is 4.39 Å². The van der Waals surface area contributed by atoms with Gasteiger partial charge in [-0.1, -0.05) is 24.3 Å². The van der Waals surface area contributed by atoms with Gasteiger partial charge in [0.25, 0.3) is 0 Å². The fraction of sp³-hybridized carbons (Fsp3) is 0.350. The molecule has 0 aliphatic rings. The predicted molar refractivity (Wildman–Crippen MR) is 105 cm³/mol. The van der Waals surface area contributed by atoms with E-state index in [9.17, 15) is 9.18 Å². The minimum atomic E-state index is -0.483. The first kappa shape index (κ1) is 20.3. The van der Waals surface area contributed by atoms with Crippen molar-refractivity contribution in [2.45, 2.75) is 32.0 Å². The Morgan fingerprint density at radius 2 is 1.85 bits per heavy atom. The molecule has 0 aromatic heterocycles. The molecule has 2 aromatic rings. The molecular weight excluding hydrogens is 351 g/mol. The molecule has 0 fully saturated rings. The molecule has 6 heteroatoms. The highest BCUT2D eigenvalue weighted by molar-refractivity contribution is 7.98. The average Bonchev–Trinajstić information content (AvgIpc) is 2.66. The molecule has 4 nitrogen and oxygen atoms in total. The van der Waals surface area contributed by atoms with E-state index in [4.69, 9.17) is 10.5 Å². The van der Waals surface area contributed by atoms with Crippen LogP contribution in [0, 0.1) is 5.82 Å². The van der Waals surface area contributed by atoms with Crippen molar-refractivity contribution in [1.29, 1.82) is 0 Å². The molecule has 3 N–H and O–H groups in total. The van der Waals surface area contributed by atoms with Gasteiger partial charge in [-0.3, -0.25) is 4.79 Å². The summed E-state index contributed by atoms with van der Waals surface area (Å²) in [6.45, 7) is 2.30. The standard InChI is InChI=1S/C20H25FN2O2S/c1-14(23-20(24)19(22)11-12-26-2)16-5-9-18(10-6-16)25-13-15-3-7-17(21)8-4-15/h3-10,14,19H,11-13,22H2,1-2H3,(H,23,24)/t14?,19-/m0/s1. The zero-order valence-corrected chi connectivity index (χ0v) is 15.9. The van der Waals surface area contributed by atoms with Crippen molar-refractivity contribution in [3.63, 3.8) is 0 Å². The fourth-order valence-corrected chi connectivity index (χ4v) is 2.87. The second kappa shape index (κ2) is 10.2. The number of nitrogens with one attached hydrogen (secondary N) is 1. The molecule has 1 amide bonds. The van der Waals surface area contributed by atoms with Crippen LogP contribution in [0.25, 0.3) is 0 Å². The summed E-state index contributed by atoms with van der Waals surface area (Å²) >= 11 is 1.68. The smallest absolute Gasteiger partial charge is 0.237 e. The molecule has 0 aliphatic carbocycles. The van der Waals surface area contributed by atoms with Gasteiger partial charge < -0.3 is 15.8 Å². The van der Waals surface area contributed by atoms with Crippen molar-refractivity contribution in [2.24, 2.45) is 5.73 Å². The van der Waals surface area contributed by atoms with E-state index in [2.05, 4.69) is 5.32 Å². The summed E-state index contributed by atoms with van der Waals surface area (Å²) in [7, 11) is 0. The van der Waals surface area contributed by atoms with Gasteiger partial charge in [0.15, 0.2) is 0 Å². The summed E-state index contributed by atoms with van der Waals surface area (Å²) in [4.78, 5) is 12.1. The molecule has 2 rings (SSSR count). The van der Waals surface area contributed by atoms with Gasteiger partial charge in [-0.25, -0.2) is 4.39 Å². The topological polar surface area (TPSA) is 64.4 Å². The molecule has 1 unspecified atom stereocenters. The van der Waals surface area contributed by atoms with Crippen LogP contribution in [-0.2, 0) is 11.4 Å². The first-order chi connectivity index (χ1) is 12.5. The molecule has 0 radical (unpaired) electrons. The average molecular weight is 376 g/mol. The zero-order chi connectivity index (χ0) is 18.9. The number of nitrogens with two attached hydrogens (primary N) is 1. The Hall–Kier alpha value is -2.05. The molecule has 0 aliphatic heterocycles. The number of halogens is 1. The molecule has 0 saturated carbocycles. The quantitative estimate of drug-likeness (QED) is 0.701. The van der Waals surface area contributed by atoms with E-state index in [1.807, 2.05) is 37.4 Å². The fourth-order valence-electron chi connectivity index (χ4n) is 2.38. The lowest BCUT2D eigenvalue weighted by Crippen LogP contribution is -2.41. The van der Waals surface area contributed by atoms with E-state index in [-0.39, 0.29) is 17.8 Å². The molecular formula is C20H25FN2O2S. The molecule has 140 valence electrons. The Bertz CT molecular complexity index is 692. The van der Waals surface area contributed by atoms with Crippen LogP contribution >= 0.6 is 11.8 Å². The monoisotopic (exact) mass is 376 g/mol. The number of carbonyl (C=O) groups excluding carboxylic acids is 1. The van der Waals surface area contributed by atoms with E-state index < -0.39 is 6.04 Å². The number of hydrogen-bond donors (Lipinski definition) is 2. The van der Waals surface area contributed by atoms with Crippen LogP contribution in [0.3, 0.4) is 0 Å². The van der Waals surface area contributed by atoms with E-state index in [1.54, 1.807) is 23.9 Å². The lowest BCUT2D eigenvalue weighted by molar-refractivity contribution is -0.123. The number of benzene rings is 2. The first-order valence-electron chi connectivity index (χ1n) is 8.51. The van der Waals surface area contributed by atoms with Gasteiger partial charge in [0.05, 0.1) is 12.1 Å². The van der Waals surface area contributed by atoms with E-state index >= 15 is 0 Å². The third kappa shape index (κ3) is 6.35. The Kier molecular flexibility index (Phi) is 7.94. The molecule has 2 atom stereocenters. The maximum atomic E-state index is 12.9. The molecule has 2 aromatic carbocycles. The third-order valence-electron chi connectivity index (χ3n) is 4.03. The molecule has 26 heavy (non-hydrogen) atoms. The number of hydrogen-bond acceptors (Lipinski definition) is 4. The second-order valence-electron chi connectivity index (χ2n) is 6.10. The van der Waals surface area contributed by atoms with Gasteiger partial charge in [0.2, 0.25) is 5.91 Å². The summed E-state index contributed by atoms with van der Waals surface area (Å²) in [6, 6.07) is 13.1.